The van der Waals surface area contributed by atoms with Gasteiger partial charge in [0.1, 0.15) is 0 Å². The van der Waals surface area contributed by atoms with Crippen molar-refractivity contribution in [2.75, 3.05) is 19.6 Å². The summed E-state index contributed by atoms with van der Waals surface area (Å²) < 4.78 is 5.28. The second-order valence-corrected chi connectivity index (χ2v) is 6.14. The molecule has 0 aliphatic carbocycles. The second-order valence-electron chi connectivity index (χ2n) is 5.19. The van der Waals surface area contributed by atoms with Crippen LogP contribution in [-0.4, -0.2) is 45.9 Å². The molecule has 0 spiro atoms. The van der Waals surface area contributed by atoms with E-state index in [2.05, 4.69) is 15.0 Å². The van der Waals surface area contributed by atoms with Crippen molar-refractivity contribution in [1.29, 1.82) is 0 Å². The number of nitrogens with zero attached hydrogens (tertiary/aromatic N) is 3. The Morgan fingerprint density at radius 1 is 1.50 bits per heavy atom. The number of aliphatic hydroxyl groups is 1. The third-order valence-electron chi connectivity index (χ3n) is 3.56. The second kappa shape index (κ2) is 6.47. The van der Waals surface area contributed by atoms with Gasteiger partial charge >= 0.3 is 0 Å². The monoisotopic (exact) mass is 293 g/mol. The highest BCUT2D eigenvalue weighted by Crippen LogP contribution is 2.21. The van der Waals surface area contributed by atoms with Gasteiger partial charge in [-0.15, -0.1) is 11.3 Å². The van der Waals surface area contributed by atoms with Gasteiger partial charge in [0.05, 0.1) is 11.0 Å². The fourth-order valence-corrected chi connectivity index (χ4v) is 3.20. The molecule has 1 aliphatic heterocycles. The van der Waals surface area contributed by atoms with Crippen LogP contribution in [0, 0.1) is 0 Å². The maximum atomic E-state index is 9.62. The Kier molecular flexibility index (Phi) is 4.44. The van der Waals surface area contributed by atoms with Crippen molar-refractivity contribution in [3.63, 3.8) is 0 Å². The molecular formula is C14H19N3O2S. The minimum atomic E-state index is -0.155. The molecule has 0 radical (unpaired) electrons. The first-order valence-corrected chi connectivity index (χ1v) is 7.96. The number of β-amino-alcohol motifs (C(OH)–C–C–N with tert-alkyl or cyclic N) is 1. The number of thiophene rings is 1. The lowest BCUT2D eigenvalue weighted by molar-refractivity contribution is 0.0699. The molecule has 2 aromatic rings. The van der Waals surface area contributed by atoms with Crippen molar-refractivity contribution in [3.8, 4) is 10.7 Å². The van der Waals surface area contributed by atoms with E-state index in [-0.39, 0.29) is 6.10 Å². The van der Waals surface area contributed by atoms with Crippen LogP contribution in [-0.2, 0) is 6.42 Å². The van der Waals surface area contributed by atoms with Crippen LogP contribution in [0.5, 0.6) is 0 Å². The van der Waals surface area contributed by atoms with E-state index < -0.39 is 0 Å². The lowest BCUT2D eigenvalue weighted by Gasteiger charge is -2.29. The summed E-state index contributed by atoms with van der Waals surface area (Å²) in [6.07, 6.45) is 3.65. The lowest BCUT2D eigenvalue weighted by Crippen LogP contribution is -2.38. The quantitative estimate of drug-likeness (QED) is 0.915. The van der Waals surface area contributed by atoms with Crippen molar-refractivity contribution in [2.24, 2.45) is 0 Å². The SMILES string of the molecule is O[C@H]1CCCN(CCCc2nc(-c3cccs3)no2)C1. The van der Waals surface area contributed by atoms with Crippen LogP contribution in [0.15, 0.2) is 22.0 Å². The lowest BCUT2D eigenvalue weighted by atomic mass is 10.1. The van der Waals surface area contributed by atoms with E-state index in [0.29, 0.717) is 11.7 Å². The van der Waals surface area contributed by atoms with Crippen LogP contribution in [0.1, 0.15) is 25.2 Å². The normalized spacial score (nSPS) is 20.4. The molecule has 1 aliphatic rings. The number of likely N-dealkylation sites (tertiary alicyclic amines) is 1. The largest absolute Gasteiger partial charge is 0.392 e. The molecule has 0 bridgehead atoms. The number of rotatable bonds is 5. The summed E-state index contributed by atoms with van der Waals surface area (Å²) in [4.78, 5) is 7.77. The van der Waals surface area contributed by atoms with Gasteiger partial charge in [-0.2, -0.15) is 4.98 Å². The fraction of sp³-hybridized carbons (Fsp3) is 0.571. The third kappa shape index (κ3) is 3.45. The molecule has 3 heterocycles. The first kappa shape index (κ1) is 13.7. The Morgan fingerprint density at radius 3 is 3.25 bits per heavy atom. The Balaban J connectivity index is 1.47. The maximum absolute atomic E-state index is 9.62. The summed E-state index contributed by atoms with van der Waals surface area (Å²) in [5.41, 5.74) is 0. The summed E-state index contributed by atoms with van der Waals surface area (Å²) in [5.74, 6) is 1.38. The number of aliphatic hydroxyl groups excluding tert-OH is 1. The predicted molar refractivity (Wildman–Crippen MR) is 77.6 cm³/mol. The van der Waals surface area contributed by atoms with E-state index in [1.54, 1.807) is 11.3 Å². The molecule has 1 fully saturated rings. The Labute approximate surface area is 122 Å². The zero-order chi connectivity index (χ0) is 13.8. The summed E-state index contributed by atoms with van der Waals surface area (Å²) in [6.45, 7) is 2.86. The van der Waals surface area contributed by atoms with Crippen LogP contribution in [0.3, 0.4) is 0 Å². The van der Waals surface area contributed by atoms with Crippen LogP contribution < -0.4 is 0 Å². The molecular weight excluding hydrogens is 274 g/mol. The summed E-state index contributed by atoms with van der Waals surface area (Å²) in [6, 6.07) is 3.98. The zero-order valence-corrected chi connectivity index (χ0v) is 12.2. The van der Waals surface area contributed by atoms with Crippen LogP contribution >= 0.6 is 11.3 Å². The smallest absolute Gasteiger partial charge is 0.227 e. The fourth-order valence-electron chi connectivity index (χ4n) is 2.55. The van der Waals surface area contributed by atoms with E-state index >= 15 is 0 Å². The number of hydrogen-bond donors (Lipinski definition) is 1. The highest BCUT2D eigenvalue weighted by molar-refractivity contribution is 7.13. The molecule has 0 aromatic carbocycles. The number of piperidine rings is 1. The Morgan fingerprint density at radius 2 is 2.45 bits per heavy atom. The van der Waals surface area contributed by atoms with Crippen molar-refractivity contribution in [3.05, 3.63) is 23.4 Å². The number of aryl methyl sites for hydroxylation is 1. The Hall–Kier alpha value is -1.24. The molecule has 2 aromatic heterocycles. The van der Waals surface area contributed by atoms with Crippen molar-refractivity contribution in [1.82, 2.24) is 15.0 Å². The standard InChI is InChI=1S/C14H19N3O2S/c18-11-4-1-7-17(10-11)8-2-6-13-15-14(16-19-13)12-5-3-9-20-12/h3,5,9,11,18H,1-2,4,6-8,10H2/t11-/m0/s1. The van der Waals surface area contributed by atoms with Crippen LogP contribution in [0.4, 0.5) is 0 Å². The minimum absolute atomic E-state index is 0.155. The van der Waals surface area contributed by atoms with Crippen molar-refractivity contribution in [2.45, 2.75) is 31.8 Å². The van der Waals surface area contributed by atoms with Gasteiger partial charge in [-0.1, -0.05) is 11.2 Å². The average molecular weight is 293 g/mol. The average Bonchev–Trinajstić information content (AvgIpc) is 3.09. The molecule has 1 N–H and O–H groups in total. The van der Waals surface area contributed by atoms with Crippen molar-refractivity contribution < 1.29 is 9.63 Å². The highest BCUT2D eigenvalue weighted by atomic mass is 32.1. The van der Waals surface area contributed by atoms with Gasteiger partial charge in [-0.3, -0.25) is 0 Å². The first-order chi connectivity index (χ1) is 9.81. The van der Waals surface area contributed by atoms with E-state index in [4.69, 9.17) is 4.52 Å². The number of hydrogen-bond acceptors (Lipinski definition) is 6. The van der Waals surface area contributed by atoms with Gasteiger partial charge in [0.25, 0.3) is 0 Å². The minimum Gasteiger partial charge on any atom is -0.392 e. The topological polar surface area (TPSA) is 62.4 Å². The third-order valence-corrected chi connectivity index (χ3v) is 4.42. The molecule has 3 rings (SSSR count). The Bertz CT molecular complexity index is 526. The molecule has 20 heavy (non-hydrogen) atoms. The van der Waals surface area contributed by atoms with Gasteiger partial charge in [0.15, 0.2) is 0 Å². The molecule has 108 valence electrons. The molecule has 0 saturated carbocycles. The van der Waals surface area contributed by atoms with Gasteiger partial charge in [0, 0.05) is 13.0 Å². The molecule has 0 amide bonds. The first-order valence-electron chi connectivity index (χ1n) is 7.08. The van der Waals surface area contributed by atoms with Gasteiger partial charge in [-0.05, 0) is 43.8 Å². The van der Waals surface area contributed by atoms with Crippen LogP contribution in [0.2, 0.25) is 0 Å². The van der Waals surface area contributed by atoms with Crippen molar-refractivity contribution >= 4 is 11.3 Å². The maximum Gasteiger partial charge on any atom is 0.227 e. The van der Waals surface area contributed by atoms with Crippen LogP contribution in [0.25, 0.3) is 10.7 Å². The predicted octanol–water partition coefficient (Wildman–Crippen LogP) is 2.19. The zero-order valence-electron chi connectivity index (χ0n) is 11.4. The van der Waals surface area contributed by atoms with Gasteiger partial charge in [-0.25, -0.2) is 0 Å². The van der Waals surface area contributed by atoms with E-state index in [1.807, 2.05) is 17.5 Å². The molecule has 1 atom stereocenters. The van der Waals surface area contributed by atoms with E-state index in [1.165, 1.54) is 0 Å². The number of aromatic nitrogens is 2. The molecule has 5 nitrogen and oxygen atoms in total. The highest BCUT2D eigenvalue weighted by Gasteiger charge is 2.17. The van der Waals surface area contributed by atoms with Gasteiger partial charge in [0.2, 0.25) is 11.7 Å². The van der Waals surface area contributed by atoms with Gasteiger partial charge < -0.3 is 14.5 Å². The summed E-state index contributed by atoms with van der Waals surface area (Å²) >= 11 is 1.62. The van der Waals surface area contributed by atoms with E-state index in [0.717, 1.165) is 50.2 Å². The molecule has 0 unspecified atom stereocenters. The molecule has 6 heteroatoms. The summed E-state index contributed by atoms with van der Waals surface area (Å²) in [5, 5.41) is 15.6. The van der Waals surface area contributed by atoms with E-state index in [9.17, 15) is 5.11 Å². The molecule has 1 saturated heterocycles. The summed E-state index contributed by atoms with van der Waals surface area (Å²) in [7, 11) is 0.